The molecule has 2 rings (SSSR count). The van der Waals surface area contributed by atoms with Gasteiger partial charge in [-0.05, 0) is 31.4 Å². The Kier molecular flexibility index (Phi) is 3.27. The van der Waals surface area contributed by atoms with Crippen LogP contribution < -0.4 is 0 Å². The second kappa shape index (κ2) is 4.72. The molecule has 0 atom stereocenters. The van der Waals surface area contributed by atoms with Crippen molar-refractivity contribution in [1.29, 1.82) is 0 Å². The first-order valence-corrected chi connectivity index (χ1v) is 5.72. The summed E-state index contributed by atoms with van der Waals surface area (Å²) in [7, 11) is 1.67. The molecule has 1 saturated carbocycles. The molecule has 1 amide bonds. The smallest absolute Gasteiger partial charge is 0.304 e. The van der Waals surface area contributed by atoms with E-state index in [0.29, 0.717) is 0 Å². The van der Waals surface area contributed by atoms with Crippen molar-refractivity contribution in [2.45, 2.75) is 25.3 Å². The summed E-state index contributed by atoms with van der Waals surface area (Å²) in [6, 6.07) is 3.45. The Balaban J connectivity index is 2.20. The third-order valence-corrected chi connectivity index (χ3v) is 3.33. The lowest BCUT2D eigenvalue weighted by Crippen LogP contribution is -2.41. The maximum Gasteiger partial charge on any atom is 0.304 e. The standard InChI is InChI=1S/C12H13FN2O3/c1-14(9-3-2-4-9)12(16)8-5-6-11(15(17)18)10(13)7-8/h5-7,9H,2-4H2,1H3. The highest BCUT2D eigenvalue weighted by Gasteiger charge is 2.27. The Morgan fingerprint density at radius 3 is 2.61 bits per heavy atom. The molecule has 1 aliphatic rings. The zero-order valence-electron chi connectivity index (χ0n) is 9.93. The summed E-state index contributed by atoms with van der Waals surface area (Å²) >= 11 is 0. The van der Waals surface area contributed by atoms with Crippen LogP contribution in [0.3, 0.4) is 0 Å². The van der Waals surface area contributed by atoms with Crippen LogP contribution >= 0.6 is 0 Å². The first-order valence-electron chi connectivity index (χ1n) is 5.72. The maximum atomic E-state index is 13.4. The normalized spacial score (nSPS) is 15.0. The number of hydrogen-bond donors (Lipinski definition) is 0. The number of carbonyl (C=O) groups is 1. The van der Waals surface area contributed by atoms with Crippen LogP contribution in [0.25, 0.3) is 0 Å². The molecule has 1 aromatic carbocycles. The lowest BCUT2D eigenvalue weighted by molar-refractivity contribution is -0.387. The summed E-state index contributed by atoms with van der Waals surface area (Å²) in [6.07, 6.45) is 3.01. The van der Waals surface area contributed by atoms with Crippen molar-refractivity contribution in [2.75, 3.05) is 7.05 Å². The van der Waals surface area contributed by atoms with E-state index < -0.39 is 16.4 Å². The molecule has 5 nitrogen and oxygen atoms in total. The van der Waals surface area contributed by atoms with Gasteiger partial charge in [0.15, 0.2) is 0 Å². The second-order valence-electron chi connectivity index (χ2n) is 4.42. The van der Waals surface area contributed by atoms with Gasteiger partial charge in [0.2, 0.25) is 5.82 Å². The average molecular weight is 252 g/mol. The third kappa shape index (κ3) is 2.18. The monoisotopic (exact) mass is 252 g/mol. The summed E-state index contributed by atoms with van der Waals surface area (Å²) in [5.41, 5.74) is -0.467. The Bertz CT molecular complexity index is 500. The van der Waals surface area contributed by atoms with Crippen LogP contribution in [-0.2, 0) is 0 Å². The predicted octanol–water partition coefficient (Wildman–Crippen LogP) is 2.36. The zero-order valence-corrected chi connectivity index (χ0v) is 9.93. The zero-order chi connectivity index (χ0) is 13.3. The minimum Gasteiger partial charge on any atom is -0.339 e. The molecule has 0 bridgehead atoms. The molecule has 96 valence electrons. The van der Waals surface area contributed by atoms with E-state index in [2.05, 4.69) is 0 Å². The SMILES string of the molecule is CN(C(=O)c1ccc([N+](=O)[O-])c(F)c1)C1CCC1. The van der Waals surface area contributed by atoms with Crippen molar-refractivity contribution in [3.05, 3.63) is 39.7 Å². The van der Waals surface area contributed by atoms with Crippen LogP contribution in [-0.4, -0.2) is 28.8 Å². The molecule has 0 saturated heterocycles. The molecular weight excluding hydrogens is 239 g/mol. The maximum absolute atomic E-state index is 13.4. The summed E-state index contributed by atoms with van der Waals surface area (Å²) < 4.78 is 13.4. The number of nitro benzene ring substituents is 1. The van der Waals surface area contributed by atoms with E-state index in [4.69, 9.17) is 0 Å². The molecule has 18 heavy (non-hydrogen) atoms. The Morgan fingerprint density at radius 2 is 2.17 bits per heavy atom. The van der Waals surface area contributed by atoms with Gasteiger partial charge in [0.1, 0.15) is 0 Å². The van der Waals surface area contributed by atoms with Gasteiger partial charge in [-0.15, -0.1) is 0 Å². The molecule has 1 aromatic rings. The minimum atomic E-state index is -0.979. The van der Waals surface area contributed by atoms with Crippen LogP contribution in [0.4, 0.5) is 10.1 Å². The Labute approximate surface area is 103 Å². The molecule has 0 N–H and O–H groups in total. The third-order valence-electron chi connectivity index (χ3n) is 3.33. The van der Waals surface area contributed by atoms with E-state index in [1.54, 1.807) is 11.9 Å². The van der Waals surface area contributed by atoms with Crippen molar-refractivity contribution in [3.63, 3.8) is 0 Å². The van der Waals surface area contributed by atoms with E-state index in [9.17, 15) is 19.3 Å². The lowest BCUT2D eigenvalue weighted by atomic mass is 9.91. The van der Waals surface area contributed by atoms with Crippen molar-refractivity contribution < 1.29 is 14.1 Å². The number of nitrogens with zero attached hydrogens (tertiary/aromatic N) is 2. The largest absolute Gasteiger partial charge is 0.339 e. The van der Waals surface area contributed by atoms with E-state index in [1.165, 1.54) is 6.07 Å². The van der Waals surface area contributed by atoms with E-state index in [-0.39, 0.29) is 17.5 Å². The van der Waals surface area contributed by atoms with Gasteiger partial charge in [-0.1, -0.05) is 0 Å². The van der Waals surface area contributed by atoms with Gasteiger partial charge in [-0.3, -0.25) is 14.9 Å². The molecule has 0 radical (unpaired) electrons. The molecule has 0 heterocycles. The number of halogens is 1. The summed E-state index contributed by atoms with van der Waals surface area (Å²) in [5.74, 6) is -1.28. The van der Waals surface area contributed by atoms with Gasteiger partial charge in [0.25, 0.3) is 5.91 Å². The fourth-order valence-corrected chi connectivity index (χ4v) is 1.93. The highest BCUT2D eigenvalue weighted by atomic mass is 19.1. The number of carbonyl (C=O) groups excluding carboxylic acids is 1. The Morgan fingerprint density at radius 1 is 1.50 bits per heavy atom. The summed E-state index contributed by atoms with van der Waals surface area (Å²) in [6.45, 7) is 0. The van der Waals surface area contributed by atoms with Crippen LogP contribution in [0.15, 0.2) is 18.2 Å². The van der Waals surface area contributed by atoms with Crippen LogP contribution in [0, 0.1) is 15.9 Å². The average Bonchev–Trinajstić information content (AvgIpc) is 2.24. The molecule has 0 spiro atoms. The number of rotatable bonds is 3. The number of hydrogen-bond acceptors (Lipinski definition) is 3. The van der Waals surface area contributed by atoms with Crippen molar-refractivity contribution in [1.82, 2.24) is 4.90 Å². The van der Waals surface area contributed by atoms with Gasteiger partial charge in [0, 0.05) is 24.7 Å². The van der Waals surface area contributed by atoms with Crippen LogP contribution in [0.1, 0.15) is 29.6 Å². The molecule has 0 aromatic heterocycles. The molecule has 0 unspecified atom stereocenters. The highest BCUT2D eigenvalue weighted by molar-refractivity contribution is 5.94. The molecule has 6 heteroatoms. The molecular formula is C12H13FN2O3. The van der Waals surface area contributed by atoms with Gasteiger partial charge >= 0.3 is 5.69 Å². The molecule has 1 fully saturated rings. The Hall–Kier alpha value is -1.98. The first-order chi connectivity index (χ1) is 8.50. The van der Waals surface area contributed by atoms with Gasteiger partial charge in [0.05, 0.1) is 4.92 Å². The van der Waals surface area contributed by atoms with Gasteiger partial charge < -0.3 is 4.90 Å². The predicted molar refractivity (Wildman–Crippen MR) is 62.8 cm³/mol. The van der Waals surface area contributed by atoms with Crippen LogP contribution in [0.5, 0.6) is 0 Å². The van der Waals surface area contributed by atoms with Crippen molar-refractivity contribution in [2.24, 2.45) is 0 Å². The van der Waals surface area contributed by atoms with E-state index >= 15 is 0 Å². The first kappa shape index (κ1) is 12.5. The van der Waals surface area contributed by atoms with Crippen molar-refractivity contribution in [3.8, 4) is 0 Å². The number of amides is 1. The lowest BCUT2D eigenvalue weighted by Gasteiger charge is -2.34. The molecule has 0 aliphatic heterocycles. The fraction of sp³-hybridized carbons (Fsp3) is 0.417. The summed E-state index contributed by atoms with van der Waals surface area (Å²) in [5, 5.41) is 10.5. The summed E-state index contributed by atoms with van der Waals surface area (Å²) in [4.78, 5) is 23.2. The number of benzene rings is 1. The quantitative estimate of drug-likeness (QED) is 0.612. The second-order valence-corrected chi connectivity index (χ2v) is 4.42. The van der Waals surface area contributed by atoms with Gasteiger partial charge in [-0.2, -0.15) is 4.39 Å². The van der Waals surface area contributed by atoms with Crippen LogP contribution in [0.2, 0.25) is 0 Å². The minimum absolute atomic E-state index is 0.146. The van der Waals surface area contributed by atoms with E-state index in [1.807, 2.05) is 0 Å². The molecule has 1 aliphatic carbocycles. The fourth-order valence-electron chi connectivity index (χ4n) is 1.93. The van der Waals surface area contributed by atoms with Crippen molar-refractivity contribution >= 4 is 11.6 Å². The van der Waals surface area contributed by atoms with E-state index in [0.717, 1.165) is 31.4 Å². The van der Waals surface area contributed by atoms with Gasteiger partial charge in [-0.25, -0.2) is 0 Å². The highest BCUT2D eigenvalue weighted by Crippen LogP contribution is 2.26. The topological polar surface area (TPSA) is 63.5 Å². The number of nitro groups is 1.